The molecule has 0 fully saturated rings. The molecule has 1 rings (SSSR count). The number of halogens is 2. The fourth-order valence-electron chi connectivity index (χ4n) is 1.85. The molecule has 0 saturated heterocycles. The van der Waals surface area contributed by atoms with Gasteiger partial charge in [-0.3, -0.25) is 9.79 Å². The maximum atomic E-state index is 13.5. The number of hydrogen-bond acceptors (Lipinski definition) is 2. The van der Waals surface area contributed by atoms with Crippen LogP contribution in [0.15, 0.2) is 29.3 Å². The van der Waals surface area contributed by atoms with Crippen molar-refractivity contribution in [3.63, 3.8) is 0 Å². The van der Waals surface area contributed by atoms with Crippen molar-refractivity contribution in [1.82, 2.24) is 15.5 Å². The first-order valence-corrected chi connectivity index (χ1v) is 7.50. The molecule has 0 aromatic heterocycles. The number of nitrogens with zero attached hydrogens (tertiary/aromatic N) is 2. The van der Waals surface area contributed by atoms with E-state index in [2.05, 4.69) is 15.6 Å². The highest BCUT2D eigenvalue weighted by atomic mass is 127. The molecule has 0 aliphatic heterocycles. The van der Waals surface area contributed by atoms with Crippen LogP contribution in [-0.2, 0) is 11.2 Å². The van der Waals surface area contributed by atoms with Gasteiger partial charge in [0.15, 0.2) is 5.96 Å². The maximum absolute atomic E-state index is 13.5. The largest absolute Gasteiger partial charge is 0.357 e. The highest BCUT2D eigenvalue weighted by molar-refractivity contribution is 14.0. The highest BCUT2D eigenvalue weighted by Gasteiger charge is 2.04. The van der Waals surface area contributed by atoms with Crippen molar-refractivity contribution in [1.29, 1.82) is 0 Å². The van der Waals surface area contributed by atoms with E-state index in [1.807, 2.05) is 13.0 Å². The molecule has 1 aromatic rings. The molecule has 7 heteroatoms. The van der Waals surface area contributed by atoms with E-state index in [4.69, 9.17) is 0 Å². The Morgan fingerprint density at radius 2 is 1.96 bits per heavy atom. The van der Waals surface area contributed by atoms with Crippen LogP contribution in [-0.4, -0.2) is 50.5 Å². The predicted molar refractivity (Wildman–Crippen MR) is 103 cm³/mol. The summed E-state index contributed by atoms with van der Waals surface area (Å²) in [6, 6.07) is 6.74. The summed E-state index contributed by atoms with van der Waals surface area (Å²) in [5.74, 6) is 0.499. The molecule has 0 aliphatic rings. The second-order valence-corrected chi connectivity index (χ2v) is 5.07. The summed E-state index contributed by atoms with van der Waals surface area (Å²) < 4.78 is 13.5. The quantitative estimate of drug-likeness (QED) is 0.391. The smallest absolute Gasteiger partial charge is 0.223 e. The number of rotatable bonds is 7. The average Bonchev–Trinajstić information content (AvgIpc) is 2.49. The number of carbonyl (C=O) groups is 1. The number of hydrogen-bond donors (Lipinski definition) is 2. The fourth-order valence-corrected chi connectivity index (χ4v) is 1.85. The van der Waals surface area contributed by atoms with Gasteiger partial charge in [-0.15, -0.1) is 24.0 Å². The molecule has 2 N–H and O–H groups in total. The summed E-state index contributed by atoms with van der Waals surface area (Å²) in [5.41, 5.74) is 0.675. The van der Waals surface area contributed by atoms with Crippen LogP contribution >= 0.6 is 24.0 Å². The molecule has 0 radical (unpaired) electrons. The van der Waals surface area contributed by atoms with Crippen molar-refractivity contribution in [3.8, 4) is 0 Å². The van der Waals surface area contributed by atoms with Crippen molar-refractivity contribution in [2.75, 3.05) is 33.7 Å². The second-order valence-electron chi connectivity index (χ2n) is 5.07. The Morgan fingerprint density at radius 3 is 2.57 bits per heavy atom. The van der Waals surface area contributed by atoms with Gasteiger partial charge in [-0.1, -0.05) is 18.2 Å². The van der Waals surface area contributed by atoms with Gasteiger partial charge in [0.05, 0.1) is 6.54 Å². The van der Waals surface area contributed by atoms with E-state index in [0.717, 1.165) is 6.54 Å². The lowest BCUT2D eigenvalue weighted by Gasteiger charge is -2.12. The molecule has 130 valence electrons. The molecule has 1 amide bonds. The lowest BCUT2D eigenvalue weighted by atomic mass is 10.1. The normalized spacial score (nSPS) is 10.7. The fraction of sp³-hybridized carbons (Fsp3) is 0.500. The zero-order valence-electron chi connectivity index (χ0n) is 13.9. The van der Waals surface area contributed by atoms with Gasteiger partial charge >= 0.3 is 0 Å². The van der Waals surface area contributed by atoms with Gasteiger partial charge in [0.25, 0.3) is 0 Å². The average molecular weight is 436 g/mol. The van der Waals surface area contributed by atoms with Crippen LogP contribution in [0, 0.1) is 5.82 Å². The van der Waals surface area contributed by atoms with Crippen molar-refractivity contribution in [2.24, 2.45) is 4.99 Å². The lowest BCUT2D eigenvalue weighted by molar-refractivity contribution is -0.128. The van der Waals surface area contributed by atoms with E-state index in [-0.39, 0.29) is 35.7 Å². The molecule has 0 unspecified atom stereocenters. The van der Waals surface area contributed by atoms with Crippen molar-refractivity contribution in [3.05, 3.63) is 35.6 Å². The monoisotopic (exact) mass is 436 g/mol. The summed E-state index contributed by atoms with van der Waals surface area (Å²) in [7, 11) is 3.45. The summed E-state index contributed by atoms with van der Waals surface area (Å²) in [4.78, 5) is 17.4. The summed E-state index contributed by atoms with van der Waals surface area (Å²) in [5, 5.41) is 6.25. The molecule has 0 bridgehead atoms. The first-order valence-electron chi connectivity index (χ1n) is 7.50. The van der Waals surface area contributed by atoms with E-state index in [9.17, 15) is 9.18 Å². The van der Waals surface area contributed by atoms with E-state index in [1.165, 1.54) is 6.07 Å². The number of carbonyl (C=O) groups excluding carboxylic acids is 1. The Balaban J connectivity index is 0.00000484. The van der Waals surface area contributed by atoms with E-state index in [1.54, 1.807) is 31.1 Å². The third kappa shape index (κ3) is 8.73. The van der Waals surface area contributed by atoms with Crippen LogP contribution in [0.5, 0.6) is 0 Å². The molecule has 5 nitrogen and oxygen atoms in total. The van der Waals surface area contributed by atoms with Crippen molar-refractivity contribution < 1.29 is 9.18 Å². The summed E-state index contributed by atoms with van der Waals surface area (Å²) in [6.45, 7) is 3.70. The molecular formula is C16H26FIN4O. The highest BCUT2D eigenvalue weighted by Crippen LogP contribution is 2.06. The molecule has 0 spiro atoms. The van der Waals surface area contributed by atoms with Crippen LogP contribution in [0.1, 0.15) is 18.9 Å². The second kappa shape index (κ2) is 12.1. The Morgan fingerprint density at radius 1 is 1.26 bits per heavy atom. The standard InChI is InChI=1S/C16H25FN4O.HI/c1-4-18-16(20-12-10-15(22)21(2)3)19-11-9-13-7-5-6-8-14(13)17;/h5-8H,4,9-12H2,1-3H3,(H2,18,19,20);1H. The van der Waals surface area contributed by atoms with E-state index in [0.29, 0.717) is 37.5 Å². The van der Waals surface area contributed by atoms with Crippen molar-refractivity contribution >= 4 is 35.8 Å². The summed E-state index contributed by atoms with van der Waals surface area (Å²) >= 11 is 0. The van der Waals surface area contributed by atoms with Gasteiger partial charge in [0, 0.05) is 33.6 Å². The van der Waals surface area contributed by atoms with Gasteiger partial charge in [0.1, 0.15) is 5.82 Å². The molecule has 23 heavy (non-hydrogen) atoms. The lowest BCUT2D eigenvalue weighted by Crippen LogP contribution is -2.38. The molecule has 0 atom stereocenters. The minimum absolute atomic E-state index is 0. The third-order valence-electron chi connectivity index (χ3n) is 3.08. The zero-order chi connectivity index (χ0) is 16.4. The maximum Gasteiger partial charge on any atom is 0.223 e. The molecule has 0 heterocycles. The first kappa shape index (κ1) is 21.6. The molecule has 1 aromatic carbocycles. The zero-order valence-corrected chi connectivity index (χ0v) is 16.3. The SMILES string of the molecule is CCNC(=NCCC(=O)N(C)C)NCCc1ccccc1F.I. The first-order chi connectivity index (χ1) is 10.5. The van der Waals surface area contributed by atoms with Gasteiger partial charge < -0.3 is 15.5 Å². The van der Waals surface area contributed by atoms with Gasteiger partial charge in [0.2, 0.25) is 5.91 Å². The number of aliphatic imine (C=N–C) groups is 1. The van der Waals surface area contributed by atoms with Gasteiger partial charge in [-0.25, -0.2) is 4.39 Å². The van der Waals surface area contributed by atoms with Gasteiger partial charge in [-0.2, -0.15) is 0 Å². The van der Waals surface area contributed by atoms with Crippen LogP contribution < -0.4 is 10.6 Å². The summed E-state index contributed by atoms with van der Waals surface area (Å²) in [6.07, 6.45) is 0.949. The minimum atomic E-state index is -0.192. The number of guanidine groups is 1. The third-order valence-corrected chi connectivity index (χ3v) is 3.08. The van der Waals surface area contributed by atoms with E-state index >= 15 is 0 Å². The Bertz CT molecular complexity index is 509. The van der Waals surface area contributed by atoms with Crippen LogP contribution in [0.4, 0.5) is 4.39 Å². The van der Waals surface area contributed by atoms with E-state index < -0.39 is 0 Å². The number of amides is 1. The number of benzene rings is 1. The Kier molecular flexibility index (Phi) is 11.4. The van der Waals surface area contributed by atoms with Gasteiger partial charge in [-0.05, 0) is 25.0 Å². The predicted octanol–water partition coefficient (Wildman–Crippen LogP) is 2.02. The Hall–Kier alpha value is -1.38. The van der Waals surface area contributed by atoms with Crippen molar-refractivity contribution in [2.45, 2.75) is 19.8 Å². The molecule has 0 aliphatic carbocycles. The van der Waals surface area contributed by atoms with Crippen LogP contribution in [0.25, 0.3) is 0 Å². The molecule has 0 saturated carbocycles. The Labute approximate surface area is 154 Å². The topological polar surface area (TPSA) is 56.7 Å². The number of nitrogens with one attached hydrogen (secondary N) is 2. The minimum Gasteiger partial charge on any atom is -0.357 e. The van der Waals surface area contributed by atoms with Crippen LogP contribution in [0.3, 0.4) is 0 Å². The molecular weight excluding hydrogens is 410 g/mol. The van der Waals surface area contributed by atoms with Crippen LogP contribution in [0.2, 0.25) is 0 Å².